The summed E-state index contributed by atoms with van der Waals surface area (Å²) in [7, 11) is 0. The molecule has 0 bridgehead atoms. The van der Waals surface area contributed by atoms with Crippen molar-refractivity contribution in [2.24, 2.45) is 0 Å². The molecule has 1 aromatic carbocycles. The quantitative estimate of drug-likeness (QED) is 0.464. The minimum atomic E-state index is -4.99. The van der Waals surface area contributed by atoms with Crippen LogP contribution >= 0.6 is 22.9 Å². The number of hydrogen-bond donors (Lipinski definition) is 2. The van der Waals surface area contributed by atoms with E-state index in [1.54, 1.807) is 11.0 Å². The van der Waals surface area contributed by atoms with Gasteiger partial charge in [-0.05, 0) is 24.3 Å². The van der Waals surface area contributed by atoms with Crippen molar-refractivity contribution in [2.45, 2.75) is 6.36 Å². The van der Waals surface area contributed by atoms with Gasteiger partial charge in [0, 0.05) is 36.6 Å². The lowest BCUT2D eigenvalue weighted by molar-refractivity contribution is -0.274. The van der Waals surface area contributed by atoms with Crippen molar-refractivity contribution < 1.29 is 32.2 Å². The zero-order valence-corrected chi connectivity index (χ0v) is 19.9. The van der Waals surface area contributed by atoms with Gasteiger partial charge in [0.1, 0.15) is 0 Å². The highest BCUT2D eigenvalue weighted by atomic mass is 35.5. The first-order valence-electron chi connectivity index (χ1n) is 10.4. The molecule has 36 heavy (non-hydrogen) atoms. The molecule has 0 aliphatic carbocycles. The number of pyridine rings is 1. The molecular formula is C21H18ClF3N6O4S. The summed E-state index contributed by atoms with van der Waals surface area (Å²) >= 11 is 6.98. The predicted molar refractivity (Wildman–Crippen MR) is 125 cm³/mol. The Bertz CT molecular complexity index is 1250. The molecule has 0 saturated carbocycles. The van der Waals surface area contributed by atoms with Gasteiger partial charge in [0.05, 0.1) is 30.5 Å². The largest absolute Gasteiger partial charge is 0.573 e. The Morgan fingerprint density at radius 3 is 2.64 bits per heavy atom. The maximum absolute atomic E-state index is 12.9. The van der Waals surface area contributed by atoms with E-state index >= 15 is 0 Å². The number of amides is 2. The second-order valence-corrected chi connectivity index (χ2v) is 8.87. The van der Waals surface area contributed by atoms with E-state index in [0.29, 0.717) is 41.9 Å². The Morgan fingerprint density at radius 1 is 1.14 bits per heavy atom. The third kappa shape index (κ3) is 7.10. The summed E-state index contributed by atoms with van der Waals surface area (Å²) in [6, 6.07) is 4.81. The van der Waals surface area contributed by atoms with Crippen molar-refractivity contribution in [3.05, 3.63) is 47.2 Å². The maximum atomic E-state index is 12.9. The molecule has 190 valence electrons. The van der Waals surface area contributed by atoms with Gasteiger partial charge in [-0.3, -0.25) is 24.8 Å². The van der Waals surface area contributed by atoms with Crippen molar-refractivity contribution in [2.75, 3.05) is 43.5 Å². The van der Waals surface area contributed by atoms with E-state index in [1.165, 1.54) is 12.4 Å². The molecule has 15 heteroatoms. The van der Waals surface area contributed by atoms with Gasteiger partial charge in [-0.25, -0.2) is 0 Å². The summed E-state index contributed by atoms with van der Waals surface area (Å²) in [6.45, 7) is 1.87. The van der Waals surface area contributed by atoms with E-state index in [-0.39, 0.29) is 22.9 Å². The first-order valence-corrected chi connectivity index (χ1v) is 11.6. The molecule has 1 saturated heterocycles. The lowest BCUT2D eigenvalue weighted by Gasteiger charge is -2.26. The predicted octanol–water partition coefficient (Wildman–Crippen LogP) is 3.68. The van der Waals surface area contributed by atoms with Crippen molar-refractivity contribution in [3.8, 4) is 16.3 Å². The van der Waals surface area contributed by atoms with Crippen molar-refractivity contribution >= 4 is 45.6 Å². The topological polar surface area (TPSA) is 119 Å². The number of rotatable bonds is 7. The number of aromatic nitrogens is 3. The number of nitrogens with zero attached hydrogens (tertiary/aromatic N) is 4. The Morgan fingerprint density at radius 2 is 1.92 bits per heavy atom. The summed E-state index contributed by atoms with van der Waals surface area (Å²) in [5.41, 5.74) is 0.257. The molecule has 1 aliphatic rings. The standard InChI is InChI=1S/C21H18ClF3N6O4S/c22-14-7-13(9-26-10-14)19-29-30-20(36-19)28-18(33)12-1-2-16(35-21(23,24)25)15(8-12)27-17(32)11-31-3-5-34-6-4-31/h1-2,7-10H,3-6,11H2,(H,27,32)(H,28,30,33). The Kier molecular flexibility index (Phi) is 7.98. The molecule has 0 unspecified atom stereocenters. The SMILES string of the molecule is O=C(CN1CCOCC1)Nc1cc(C(=O)Nc2nnc(-c3cncc(Cl)c3)s2)ccc1OC(F)(F)F. The fourth-order valence-corrected chi connectivity index (χ4v) is 4.12. The Labute approximate surface area is 211 Å². The molecule has 1 fully saturated rings. The van der Waals surface area contributed by atoms with Crippen LogP contribution in [0.15, 0.2) is 36.7 Å². The number of carbonyl (C=O) groups excluding carboxylic acids is 2. The Hall–Kier alpha value is -3.33. The van der Waals surface area contributed by atoms with Crippen LogP contribution in [0.5, 0.6) is 5.75 Å². The molecule has 0 radical (unpaired) electrons. The third-order valence-electron chi connectivity index (χ3n) is 4.81. The second-order valence-electron chi connectivity index (χ2n) is 7.45. The normalized spacial score (nSPS) is 14.3. The maximum Gasteiger partial charge on any atom is 0.573 e. The van der Waals surface area contributed by atoms with Crippen LogP contribution in [-0.4, -0.2) is 71.1 Å². The van der Waals surface area contributed by atoms with Crippen LogP contribution in [0.4, 0.5) is 24.0 Å². The van der Waals surface area contributed by atoms with Gasteiger partial charge in [0.15, 0.2) is 10.8 Å². The Balaban J connectivity index is 1.50. The molecular weight excluding hydrogens is 525 g/mol. The van der Waals surface area contributed by atoms with Gasteiger partial charge in [0.2, 0.25) is 11.0 Å². The second kappa shape index (κ2) is 11.2. The van der Waals surface area contributed by atoms with Gasteiger partial charge < -0.3 is 14.8 Å². The smallest absolute Gasteiger partial charge is 0.404 e. The number of ether oxygens (including phenoxy) is 2. The zero-order chi connectivity index (χ0) is 25.7. The van der Waals surface area contributed by atoms with E-state index in [1.807, 2.05) is 0 Å². The van der Waals surface area contributed by atoms with E-state index < -0.39 is 23.9 Å². The van der Waals surface area contributed by atoms with E-state index in [2.05, 4.69) is 30.6 Å². The molecule has 1 aliphatic heterocycles. The molecule has 0 spiro atoms. The minimum absolute atomic E-state index is 0.0348. The lowest BCUT2D eigenvalue weighted by Crippen LogP contribution is -2.41. The third-order valence-corrected chi connectivity index (χ3v) is 5.90. The monoisotopic (exact) mass is 542 g/mol. The van der Waals surface area contributed by atoms with Gasteiger partial charge in [0.25, 0.3) is 5.91 Å². The van der Waals surface area contributed by atoms with Crippen molar-refractivity contribution in [1.29, 1.82) is 0 Å². The zero-order valence-electron chi connectivity index (χ0n) is 18.3. The van der Waals surface area contributed by atoms with Crippen LogP contribution in [0.2, 0.25) is 5.02 Å². The van der Waals surface area contributed by atoms with E-state index in [0.717, 1.165) is 29.5 Å². The summed E-state index contributed by atoms with van der Waals surface area (Å²) in [5, 5.41) is 13.8. The number of halogens is 4. The van der Waals surface area contributed by atoms with Crippen LogP contribution in [-0.2, 0) is 9.53 Å². The minimum Gasteiger partial charge on any atom is -0.404 e. The van der Waals surface area contributed by atoms with E-state index in [4.69, 9.17) is 16.3 Å². The van der Waals surface area contributed by atoms with Crippen LogP contribution in [0, 0.1) is 0 Å². The molecule has 2 amide bonds. The molecule has 3 aromatic rings. The fourth-order valence-electron chi connectivity index (χ4n) is 3.22. The highest BCUT2D eigenvalue weighted by Gasteiger charge is 2.32. The lowest BCUT2D eigenvalue weighted by atomic mass is 10.1. The van der Waals surface area contributed by atoms with Gasteiger partial charge in [-0.15, -0.1) is 23.4 Å². The molecule has 2 N–H and O–H groups in total. The average Bonchev–Trinajstić information content (AvgIpc) is 3.28. The highest BCUT2D eigenvalue weighted by molar-refractivity contribution is 7.18. The number of alkyl halides is 3. The number of carbonyl (C=O) groups is 2. The number of hydrogen-bond acceptors (Lipinski definition) is 9. The fraction of sp³-hybridized carbons (Fsp3) is 0.286. The summed E-state index contributed by atoms with van der Waals surface area (Å²) in [6.07, 6.45) is -2.01. The van der Waals surface area contributed by atoms with Crippen LogP contribution in [0.25, 0.3) is 10.6 Å². The summed E-state index contributed by atoms with van der Waals surface area (Å²) in [4.78, 5) is 31.0. The molecule has 3 heterocycles. The first kappa shape index (κ1) is 25.8. The average molecular weight is 543 g/mol. The number of benzene rings is 1. The number of nitrogens with one attached hydrogen (secondary N) is 2. The van der Waals surface area contributed by atoms with E-state index in [9.17, 15) is 22.8 Å². The van der Waals surface area contributed by atoms with Crippen LogP contribution < -0.4 is 15.4 Å². The number of anilines is 2. The first-order chi connectivity index (χ1) is 17.2. The highest BCUT2D eigenvalue weighted by Crippen LogP contribution is 2.32. The number of morpholine rings is 1. The molecule has 4 rings (SSSR count). The molecule has 2 aromatic heterocycles. The molecule has 10 nitrogen and oxygen atoms in total. The summed E-state index contributed by atoms with van der Waals surface area (Å²) in [5.74, 6) is -1.89. The summed E-state index contributed by atoms with van der Waals surface area (Å²) < 4.78 is 47.9. The van der Waals surface area contributed by atoms with Crippen molar-refractivity contribution in [3.63, 3.8) is 0 Å². The van der Waals surface area contributed by atoms with Crippen LogP contribution in [0.3, 0.4) is 0 Å². The van der Waals surface area contributed by atoms with Crippen molar-refractivity contribution in [1.82, 2.24) is 20.1 Å². The molecule has 0 atom stereocenters. The van der Waals surface area contributed by atoms with Crippen LogP contribution in [0.1, 0.15) is 10.4 Å². The van der Waals surface area contributed by atoms with Gasteiger partial charge >= 0.3 is 6.36 Å². The van der Waals surface area contributed by atoms with Gasteiger partial charge in [-0.1, -0.05) is 22.9 Å². The van der Waals surface area contributed by atoms with Gasteiger partial charge in [-0.2, -0.15) is 0 Å².